The molecule has 2 aromatic rings. The molecule has 1 aliphatic carbocycles. The molecule has 0 unspecified atom stereocenters. The maximum absolute atomic E-state index is 12.5. The van der Waals surface area contributed by atoms with E-state index < -0.39 is 0 Å². The van der Waals surface area contributed by atoms with E-state index in [1.807, 2.05) is 12.2 Å². The Hall–Kier alpha value is -1.73. The third-order valence-electron chi connectivity index (χ3n) is 4.55. The molecule has 1 amide bonds. The number of likely N-dealkylation sites (N-methyl/N-ethyl adjacent to an activating group) is 1. The van der Waals surface area contributed by atoms with E-state index in [1.54, 1.807) is 18.4 Å². The molecule has 23 heavy (non-hydrogen) atoms. The smallest absolute Gasteiger partial charge is 0.274 e. The van der Waals surface area contributed by atoms with Gasteiger partial charge in [0.25, 0.3) is 11.5 Å². The van der Waals surface area contributed by atoms with Gasteiger partial charge < -0.3 is 15.6 Å². The zero-order valence-electron chi connectivity index (χ0n) is 13.7. The summed E-state index contributed by atoms with van der Waals surface area (Å²) in [5, 5.41) is 5.24. The summed E-state index contributed by atoms with van der Waals surface area (Å²) in [6.07, 6.45) is 3.15. The standard InChI is InChI=1S/C16H22N4O2S/c1-8-4-5-10-11(6-8)23-16-13(10)15(22)19-14(20-16)9(2)18-7-12(21)17-3/h8-9,18H,4-7H2,1-3H3,(H,17,21)(H,19,20,22)/p+1/t8-,9+/m1/s1. The van der Waals surface area contributed by atoms with Crippen LogP contribution in [0.1, 0.15) is 42.6 Å². The Morgan fingerprint density at radius 1 is 1.57 bits per heavy atom. The molecular formula is C16H23N4O2S+. The molecule has 0 saturated heterocycles. The van der Waals surface area contributed by atoms with Gasteiger partial charge in [0.15, 0.2) is 12.4 Å². The van der Waals surface area contributed by atoms with E-state index in [0.717, 1.165) is 29.5 Å². The van der Waals surface area contributed by atoms with E-state index in [9.17, 15) is 9.59 Å². The van der Waals surface area contributed by atoms with Crippen LogP contribution in [0.4, 0.5) is 0 Å². The Morgan fingerprint density at radius 2 is 2.35 bits per heavy atom. The predicted molar refractivity (Wildman–Crippen MR) is 90.7 cm³/mol. The van der Waals surface area contributed by atoms with Gasteiger partial charge in [-0.05, 0) is 37.7 Å². The lowest BCUT2D eigenvalue weighted by Crippen LogP contribution is -2.87. The second-order valence-electron chi connectivity index (χ2n) is 6.38. The van der Waals surface area contributed by atoms with E-state index in [1.165, 1.54) is 10.4 Å². The van der Waals surface area contributed by atoms with Crippen LogP contribution in [-0.2, 0) is 17.6 Å². The Morgan fingerprint density at radius 3 is 3.09 bits per heavy atom. The van der Waals surface area contributed by atoms with Gasteiger partial charge in [0, 0.05) is 11.9 Å². The molecule has 0 spiro atoms. The van der Waals surface area contributed by atoms with Gasteiger partial charge in [0.1, 0.15) is 10.9 Å². The van der Waals surface area contributed by atoms with Gasteiger partial charge in [0.2, 0.25) is 0 Å². The molecule has 2 aromatic heterocycles. The van der Waals surface area contributed by atoms with Crippen molar-refractivity contribution in [2.75, 3.05) is 13.6 Å². The summed E-state index contributed by atoms with van der Waals surface area (Å²) >= 11 is 1.65. The van der Waals surface area contributed by atoms with Crippen LogP contribution in [0.2, 0.25) is 0 Å². The number of rotatable bonds is 4. The number of aromatic amines is 1. The van der Waals surface area contributed by atoms with Gasteiger partial charge in [-0.25, -0.2) is 4.98 Å². The number of H-pyrrole nitrogens is 1. The normalized spacial score (nSPS) is 18.7. The number of hydrogen-bond donors (Lipinski definition) is 3. The Bertz CT molecular complexity index is 795. The highest BCUT2D eigenvalue weighted by molar-refractivity contribution is 7.18. The van der Waals surface area contributed by atoms with Crippen molar-refractivity contribution in [3.05, 3.63) is 26.6 Å². The lowest BCUT2D eigenvalue weighted by molar-refractivity contribution is -0.683. The number of nitrogens with one attached hydrogen (secondary N) is 2. The first-order valence-corrected chi connectivity index (χ1v) is 8.89. The second kappa shape index (κ2) is 6.41. The molecule has 3 rings (SSSR count). The highest BCUT2D eigenvalue weighted by Gasteiger charge is 2.24. The number of aromatic nitrogens is 2. The molecule has 7 heteroatoms. The summed E-state index contributed by atoms with van der Waals surface area (Å²) in [6.45, 7) is 4.52. The Labute approximate surface area is 138 Å². The van der Waals surface area contributed by atoms with Crippen LogP contribution >= 0.6 is 11.3 Å². The molecule has 6 nitrogen and oxygen atoms in total. The Kier molecular flexibility index (Phi) is 4.50. The van der Waals surface area contributed by atoms with Crippen molar-refractivity contribution in [3.8, 4) is 0 Å². The summed E-state index contributed by atoms with van der Waals surface area (Å²) in [4.78, 5) is 33.6. The fourth-order valence-corrected chi connectivity index (χ4v) is 4.47. The average molecular weight is 335 g/mol. The van der Waals surface area contributed by atoms with Crippen molar-refractivity contribution >= 4 is 27.5 Å². The number of hydrogen-bond acceptors (Lipinski definition) is 4. The van der Waals surface area contributed by atoms with E-state index in [-0.39, 0.29) is 17.5 Å². The minimum absolute atomic E-state index is 0.0409. The van der Waals surface area contributed by atoms with Gasteiger partial charge >= 0.3 is 0 Å². The van der Waals surface area contributed by atoms with Crippen molar-refractivity contribution in [1.29, 1.82) is 0 Å². The van der Waals surface area contributed by atoms with Crippen LogP contribution in [0.3, 0.4) is 0 Å². The van der Waals surface area contributed by atoms with E-state index in [4.69, 9.17) is 0 Å². The maximum Gasteiger partial charge on any atom is 0.274 e. The predicted octanol–water partition coefficient (Wildman–Crippen LogP) is 0.480. The molecule has 0 aromatic carbocycles. The van der Waals surface area contributed by atoms with Crippen LogP contribution in [0.5, 0.6) is 0 Å². The van der Waals surface area contributed by atoms with Crippen molar-refractivity contribution in [1.82, 2.24) is 15.3 Å². The third kappa shape index (κ3) is 3.16. The van der Waals surface area contributed by atoms with Crippen molar-refractivity contribution in [2.24, 2.45) is 5.92 Å². The molecule has 0 aliphatic heterocycles. The third-order valence-corrected chi connectivity index (χ3v) is 5.70. The van der Waals surface area contributed by atoms with Crippen LogP contribution in [-0.4, -0.2) is 29.5 Å². The number of fused-ring (bicyclic) bond motifs is 3. The summed E-state index contributed by atoms with van der Waals surface area (Å²) < 4.78 is 0. The van der Waals surface area contributed by atoms with E-state index >= 15 is 0 Å². The Balaban J connectivity index is 1.92. The van der Waals surface area contributed by atoms with Crippen LogP contribution in [0, 0.1) is 5.92 Å². The molecule has 4 N–H and O–H groups in total. The summed E-state index contributed by atoms with van der Waals surface area (Å²) in [6, 6.07) is -0.0672. The number of amides is 1. The largest absolute Gasteiger partial charge is 0.354 e. The SMILES string of the molecule is CNC(=O)C[NH2+][C@@H](C)c1nc2sc3c(c2c(=O)[nH]1)CC[C@@H](C)C3. The monoisotopic (exact) mass is 335 g/mol. The zero-order chi connectivity index (χ0) is 16.6. The van der Waals surface area contributed by atoms with Gasteiger partial charge in [-0.2, -0.15) is 0 Å². The number of aryl methyl sites for hydroxylation is 1. The molecule has 2 heterocycles. The number of carbonyl (C=O) groups excluding carboxylic acids is 1. The minimum Gasteiger partial charge on any atom is -0.354 e. The van der Waals surface area contributed by atoms with Crippen LogP contribution in [0.15, 0.2) is 4.79 Å². The number of thiophene rings is 1. The number of nitrogens with zero attached hydrogens (tertiary/aromatic N) is 1. The lowest BCUT2D eigenvalue weighted by Gasteiger charge is -2.17. The maximum atomic E-state index is 12.5. The van der Waals surface area contributed by atoms with Gasteiger partial charge in [0.05, 0.1) is 5.39 Å². The summed E-state index contributed by atoms with van der Waals surface area (Å²) in [7, 11) is 1.62. The molecule has 0 saturated carbocycles. The molecule has 0 fully saturated rings. The number of nitrogens with two attached hydrogens (primary N) is 1. The topological polar surface area (TPSA) is 91.5 Å². The number of quaternary nitrogens is 1. The minimum atomic E-state index is -0.0672. The molecule has 1 aliphatic rings. The first-order chi connectivity index (χ1) is 11.0. The molecule has 124 valence electrons. The van der Waals surface area contributed by atoms with Crippen LogP contribution < -0.4 is 16.2 Å². The highest BCUT2D eigenvalue weighted by atomic mass is 32.1. The number of carbonyl (C=O) groups is 1. The van der Waals surface area contributed by atoms with Crippen LogP contribution in [0.25, 0.3) is 10.2 Å². The van der Waals surface area contributed by atoms with Crippen molar-refractivity contribution < 1.29 is 10.1 Å². The fourth-order valence-electron chi connectivity index (χ4n) is 3.08. The summed E-state index contributed by atoms with van der Waals surface area (Å²) in [5.74, 6) is 1.27. The van der Waals surface area contributed by atoms with Gasteiger partial charge in [-0.15, -0.1) is 11.3 Å². The first kappa shape index (κ1) is 16.1. The van der Waals surface area contributed by atoms with E-state index in [0.29, 0.717) is 18.3 Å². The second-order valence-corrected chi connectivity index (χ2v) is 7.47. The summed E-state index contributed by atoms with van der Waals surface area (Å²) in [5.41, 5.74) is 1.16. The van der Waals surface area contributed by atoms with Gasteiger partial charge in [-0.1, -0.05) is 6.92 Å². The molecular weight excluding hydrogens is 312 g/mol. The fraction of sp³-hybridized carbons (Fsp3) is 0.562. The molecule has 2 atom stereocenters. The quantitative estimate of drug-likeness (QED) is 0.759. The molecule has 0 radical (unpaired) electrons. The van der Waals surface area contributed by atoms with Gasteiger partial charge in [-0.3, -0.25) is 9.59 Å². The van der Waals surface area contributed by atoms with E-state index in [2.05, 4.69) is 22.2 Å². The average Bonchev–Trinajstić information content (AvgIpc) is 2.89. The van der Waals surface area contributed by atoms with Crippen molar-refractivity contribution in [3.63, 3.8) is 0 Å². The lowest BCUT2D eigenvalue weighted by atomic mass is 9.89. The van der Waals surface area contributed by atoms with Crippen molar-refractivity contribution in [2.45, 2.75) is 39.2 Å². The zero-order valence-corrected chi connectivity index (χ0v) is 14.5. The first-order valence-electron chi connectivity index (χ1n) is 8.08. The highest BCUT2D eigenvalue weighted by Crippen LogP contribution is 2.35. The molecule has 0 bridgehead atoms.